The van der Waals surface area contributed by atoms with Gasteiger partial charge in [0.2, 0.25) is 11.8 Å². The Morgan fingerprint density at radius 1 is 1.22 bits per heavy atom. The highest BCUT2D eigenvalue weighted by Gasteiger charge is 2.36. The van der Waals surface area contributed by atoms with Crippen LogP contribution in [0.5, 0.6) is 0 Å². The van der Waals surface area contributed by atoms with Crippen LogP contribution in [0.4, 0.5) is 14.5 Å². The van der Waals surface area contributed by atoms with E-state index in [0.717, 1.165) is 12.1 Å². The van der Waals surface area contributed by atoms with Crippen LogP contribution >= 0.6 is 0 Å². The summed E-state index contributed by atoms with van der Waals surface area (Å²) in [5, 5.41) is 10.9. The molecule has 122 valence electrons. The topological polar surface area (TPSA) is 86.7 Å². The van der Waals surface area contributed by atoms with Gasteiger partial charge in [-0.1, -0.05) is 0 Å². The summed E-state index contributed by atoms with van der Waals surface area (Å²) < 4.78 is 28.6. The second kappa shape index (κ2) is 5.60. The van der Waals surface area contributed by atoms with Gasteiger partial charge in [-0.3, -0.25) is 19.7 Å². The van der Waals surface area contributed by atoms with Crippen molar-refractivity contribution < 1.29 is 28.3 Å². The number of aliphatic carboxylic acids is 1. The maximum absolute atomic E-state index is 14.3. The fraction of sp³-hybridized carbons (Fsp3) is 0.400. The van der Waals surface area contributed by atoms with Crippen LogP contribution in [0.1, 0.15) is 24.3 Å². The number of piperidine rings is 1. The number of anilines is 1. The lowest BCUT2D eigenvalue weighted by atomic mass is 9.89. The number of nitrogens with one attached hydrogen (secondary N) is 1. The molecule has 6 nitrogen and oxygen atoms in total. The molecule has 2 amide bonds. The van der Waals surface area contributed by atoms with E-state index in [1.807, 2.05) is 0 Å². The zero-order chi connectivity index (χ0) is 16.7. The molecule has 1 aromatic carbocycles. The van der Waals surface area contributed by atoms with E-state index in [9.17, 15) is 23.2 Å². The van der Waals surface area contributed by atoms with Crippen LogP contribution in [-0.2, 0) is 14.4 Å². The number of imide groups is 1. The molecule has 1 aromatic rings. The van der Waals surface area contributed by atoms with Gasteiger partial charge in [0.1, 0.15) is 11.6 Å². The molecule has 2 saturated heterocycles. The predicted molar refractivity (Wildman–Crippen MR) is 74.8 cm³/mol. The molecule has 1 unspecified atom stereocenters. The molecule has 2 fully saturated rings. The Morgan fingerprint density at radius 3 is 2.35 bits per heavy atom. The summed E-state index contributed by atoms with van der Waals surface area (Å²) in [6.07, 6.45) is 0.0894. The molecule has 2 aliphatic rings. The van der Waals surface area contributed by atoms with Gasteiger partial charge < -0.3 is 10.0 Å². The maximum atomic E-state index is 14.3. The molecule has 0 aliphatic carbocycles. The van der Waals surface area contributed by atoms with Gasteiger partial charge >= 0.3 is 5.97 Å². The lowest BCUT2D eigenvalue weighted by Crippen LogP contribution is -2.50. The Balaban J connectivity index is 1.83. The SMILES string of the molecule is O=C1CCC(c2c(F)cc(N3CC(C(=O)O)C3)cc2F)C(=O)N1. The average molecular weight is 324 g/mol. The van der Waals surface area contributed by atoms with Gasteiger partial charge in [0.05, 0.1) is 11.8 Å². The molecule has 0 saturated carbocycles. The number of amides is 2. The summed E-state index contributed by atoms with van der Waals surface area (Å²) >= 11 is 0. The molecule has 2 heterocycles. The van der Waals surface area contributed by atoms with Crippen LogP contribution in [0.25, 0.3) is 0 Å². The summed E-state index contributed by atoms with van der Waals surface area (Å²) in [5.74, 6) is -5.42. The zero-order valence-electron chi connectivity index (χ0n) is 12.0. The minimum atomic E-state index is -1.04. The number of benzene rings is 1. The summed E-state index contributed by atoms with van der Waals surface area (Å²) in [4.78, 5) is 35.2. The molecule has 0 radical (unpaired) electrons. The highest BCUT2D eigenvalue weighted by molar-refractivity contribution is 6.01. The maximum Gasteiger partial charge on any atom is 0.310 e. The number of hydrogen-bond donors (Lipinski definition) is 2. The molecule has 0 spiro atoms. The van der Waals surface area contributed by atoms with E-state index in [-0.39, 0.29) is 37.2 Å². The van der Waals surface area contributed by atoms with Gasteiger partial charge in [-0.05, 0) is 18.6 Å². The molecule has 8 heteroatoms. The van der Waals surface area contributed by atoms with Crippen LogP contribution in [-0.4, -0.2) is 36.0 Å². The Morgan fingerprint density at radius 2 is 1.83 bits per heavy atom. The van der Waals surface area contributed by atoms with E-state index in [0.29, 0.717) is 0 Å². The standard InChI is InChI=1S/C15H14F2N2O4/c16-10-3-8(19-5-7(6-19)15(22)23)4-11(17)13(10)9-1-2-12(20)18-14(9)21/h3-4,7,9H,1-2,5-6H2,(H,22,23)(H,18,20,21). The van der Waals surface area contributed by atoms with Crippen LogP contribution in [0.2, 0.25) is 0 Å². The lowest BCUT2D eigenvalue weighted by Gasteiger charge is -2.38. The van der Waals surface area contributed by atoms with Crippen molar-refractivity contribution in [3.8, 4) is 0 Å². The van der Waals surface area contributed by atoms with Gasteiger partial charge in [-0.15, -0.1) is 0 Å². The highest BCUT2D eigenvalue weighted by atomic mass is 19.1. The predicted octanol–water partition coefficient (Wildman–Crippen LogP) is 1.01. The van der Waals surface area contributed by atoms with Crippen LogP contribution in [0.3, 0.4) is 0 Å². The number of hydrogen-bond acceptors (Lipinski definition) is 4. The van der Waals surface area contributed by atoms with E-state index in [2.05, 4.69) is 5.32 Å². The van der Waals surface area contributed by atoms with Crippen LogP contribution < -0.4 is 10.2 Å². The number of carboxylic acid groups (broad SMARTS) is 1. The van der Waals surface area contributed by atoms with Crippen molar-refractivity contribution in [3.63, 3.8) is 0 Å². The smallest absolute Gasteiger partial charge is 0.310 e. The molecule has 2 aliphatic heterocycles. The summed E-state index contributed by atoms with van der Waals surface area (Å²) in [6, 6.07) is 2.19. The molecule has 23 heavy (non-hydrogen) atoms. The molecular weight excluding hydrogens is 310 g/mol. The first-order chi connectivity index (χ1) is 10.9. The zero-order valence-corrected chi connectivity index (χ0v) is 12.0. The Kier molecular flexibility index (Phi) is 3.75. The second-order valence-corrected chi connectivity index (χ2v) is 5.77. The fourth-order valence-corrected chi connectivity index (χ4v) is 2.90. The highest BCUT2D eigenvalue weighted by Crippen LogP contribution is 2.34. The van der Waals surface area contributed by atoms with Gasteiger partial charge in [0, 0.05) is 30.8 Å². The molecule has 0 aromatic heterocycles. The number of carbonyl (C=O) groups is 3. The fourth-order valence-electron chi connectivity index (χ4n) is 2.90. The van der Waals surface area contributed by atoms with Gasteiger partial charge in [-0.2, -0.15) is 0 Å². The number of halogens is 2. The van der Waals surface area contributed by atoms with Crippen LogP contribution in [0.15, 0.2) is 12.1 Å². The third kappa shape index (κ3) is 2.76. The van der Waals surface area contributed by atoms with Crippen LogP contribution in [0, 0.1) is 17.6 Å². The first kappa shape index (κ1) is 15.4. The van der Waals surface area contributed by atoms with Gasteiger partial charge in [0.15, 0.2) is 0 Å². The second-order valence-electron chi connectivity index (χ2n) is 5.77. The van der Waals surface area contributed by atoms with Gasteiger partial charge in [-0.25, -0.2) is 8.78 Å². The van der Waals surface area contributed by atoms with Crippen molar-refractivity contribution in [2.24, 2.45) is 5.92 Å². The molecule has 0 bridgehead atoms. The Hall–Kier alpha value is -2.51. The number of rotatable bonds is 3. The van der Waals surface area contributed by atoms with Crippen molar-refractivity contribution in [2.45, 2.75) is 18.8 Å². The largest absolute Gasteiger partial charge is 0.481 e. The van der Waals surface area contributed by atoms with Crippen molar-refractivity contribution in [1.29, 1.82) is 0 Å². The molecule has 3 rings (SSSR count). The minimum Gasteiger partial charge on any atom is -0.481 e. The summed E-state index contributed by atoms with van der Waals surface area (Å²) in [5.41, 5.74) is -0.109. The molecule has 2 N–H and O–H groups in total. The van der Waals surface area contributed by atoms with E-state index in [1.165, 1.54) is 0 Å². The average Bonchev–Trinajstić information content (AvgIpc) is 2.38. The number of nitrogens with zero attached hydrogens (tertiary/aromatic N) is 1. The van der Waals surface area contributed by atoms with Crippen molar-refractivity contribution >= 4 is 23.5 Å². The third-order valence-electron chi connectivity index (χ3n) is 4.25. The Labute approximate surface area is 130 Å². The normalized spacial score (nSPS) is 21.8. The third-order valence-corrected chi connectivity index (χ3v) is 4.25. The Bertz CT molecular complexity index is 678. The number of carbonyl (C=O) groups excluding carboxylic acids is 2. The lowest BCUT2D eigenvalue weighted by molar-refractivity contribution is -0.142. The first-order valence-electron chi connectivity index (χ1n) is 7.17. The van der Waals surface area contributed by atoms with Crippen molar-refractivity contribution in [1.82, 2.24) is 5.32 Å². The number of carboxylic acids is 1. The van der Waals surface area contributed by atoms with E-state index >= 15 is 0 Å². The molecular formula is C15H14F2N2O4. The quantitative estimate of drug-likeness (QED) is 0.810. The first-order valence-corrected chi connectivity index (χ1v) is 7.17. The van der Waals surface area contributed by atoms with Crippen molar-refractivity contribution in [2.75, 3.05) is 18.0 Å². The minimum absolute atomic E-state index is 0.0312. The van der Waals surface area contributed by atoms with E-state index in [4.69, 9.17) is 5.11 Å². The monoisotopic (exact) mass is 324 g/mol. The summed E-state index contributed by atoms with van der Waals surface area (Å²) in [6.45, 7) is 0.373. The van der Waals surface area contributed by atoms with E-state index in [1.54, 1.807) is 4.90 Å². The molecule has 1 atom stereocenters. The van der Waals surface area contributed by atoms with Gasteiger partial charge in [0.25, 0.3) is 0 Å². The van der Waals surface area contributed by atoms with E-state index < -0.39 is 41.3 Å². The van der Waals surface area contributed by atoms with Crippen molar-refractivity contribution in [3.05, 3.63) is 29.3 Å². The summed E-state index contributed by atoms with van der Waals surface area (Å²) in [7, 11) is 0.